The van der Waals surface area contributed by atoms with E-state index in [1.807, 2.05) is 11.8 Å². The molecule has 0 saturated carbocycles. The van der Waals surface area contributed by atoms with Crippen molar-refractivity contribution in [3.8, 4) is 0 Å². The zero-order valence-corrected chi connectivity index (χ0v) is 13.3. The quantitative estimate of drug-likeness (QED) is 0.511. The fraction of sp³-hybridized carbons (Fsp3) is 0.625. The number of hydrogen-bond acceptors (Lipinski definition) is 3. The molecule has 1 atom stereocenters. The molecule has 0 bridgehead atoms. The van der Waals surface area contributed by atoms with E-state index in [9.17, 15) is 0 Å². The van der Waals surface area contributed by atoms with Crippen LogP contribution in [0.15, 0.2) is 29.2 Å². The minimum Gasteiger partial charge on any atom is -0.381 e. The summed E-state index contributed by atoms with van der Waals surface area (Å²) in [5, 5.41) is 3.53. The second-order valence-corrected chi connectivity index (χ2v) is 5.88. The molecule has 1 aromatic carbocycles. The summed E-state index contributed by atoms with van der Waals surface area (Å²) >= 11 is 1.87. The predicted octanol–water partition coefficient (Wildman–Crippen LogP) is 4.27. The van der Waals surface area contributed by atoms with E-state index in [2.05, 4.69) is 50.4 Å². The molecule has 0 aliphatic rings. The molecule has 2 nitrogen and oxygen atoms in total. The smallest absolute Gasteiger partial charge is 0.0560 e. The average molecular weight is 281 g/mol. The van der Waals surface area contributed by atoms with Crippen molar-refractivity contribution in [3.05, 3.63) is 29.8 Å². The van der Waals surface area contributed by atoms with Crippen LogP contribution in [0.25, 0.3) is 0 Å². The van der Waals surface area contributed by atoms with Crippen LogP contribution in [0.4, 0.5) is 0 Å². The van der Waals surface area contributed by atoms with E-state index in [0.29, 0.717) is 6.04 Å². The molecule has 19 heavy (non-hydrogen) atoms. The highest BCUT2D eigenvalue weighted by Crippen LogP contribution is 2.22. The molecule has 1 aromatic rings. The van der Waals surface area contributed by atoms with Crippen molar-refractivity contribution in [2.45, 2.75) is 44.6 Å². The van der Waals surface area contributed by atoms with Crippen LogP contribution in [0.3, 0.4) is 0 Å². The molecule has 108 valence electrons. The molecule has 0 aliphatic carbocycles. The van der Waals surface area contributed by atoms with Crippen LogP contribution in [-0.2, 0) is 4.74 Å². The van der Waals surface area contributed by atoms with Crippen molar-refractivity contribution in [2.75, 3.05) is 25.5 Å². The van der Waals surface area contributed by atoms with Crippen molar-refractivity contribution in [3.63, 3.8) is 0 Å². The fourth-order valence-electron chi connectivity index (χ4n) is 1.82. The van der Waals surface area contributed by atoms with Crippen LogP contribution in [0.5, 0.6) is 0 Å². The van der Waals surface area contributed by atoms with Crippen molar-refractivity contribution in [1.29, 1.82) is 0 Å². The van der Waals surface area contributed by atoms with Crippen molar-refractivity contribution < 1.29 is 4.74 Å². The van der Waals surface area contributed by atoms with Gasteiger partial charge in [-0.25, -0.2) is 0 Å². The van der Waals surface area contributed by atoms with Gasteiger partial charge in [-0.1, -0.05) is 26.0 Å². The summed E-state index contributed by atoms with van der Waals surface area (Å²) in [6.07, 6.45) is 2.27. The first-order valence-corrected chi connectivity index (χ1v) is 8.30. The van der Waals surface area contributed by atoms with E-state index in [0.717, 1.165) is 31.9 Å². The summed E-state index contributed by atoms with van der Waals surface area (Å²) in [4.78, 5) is 1.34. The molecule has 0 spiro atoms. The zero-order valence-electron chi connectivity index (χ0n) is 12.4. The lowest BCUT2D eigenvalue weighted by Gasteiger charge is -2.14. The highest BCUT2D eigenvalue weighted by molar-refractivity contribution is 7.99. The van der Waals surface area contributed by atoms with Crippen LogP contribution in [0, 0.1) is 0 Å². The number of nitrogens with one attached hydrogen (secondary N) is 1. The minimum atomic E-state index is 0.428. The molecule has 0 fully saturated rings. The molecule has 0 amide bonds. The Labute approximate surface area is 122 Å². The normalized spacial score (nSPS) is 12.6. The first-order chi connectivity index (χ1) is 9.27. The zero-order chi connectivity index (χ0) is 13.9. The van der Waals surface area contributed by atoms with Gasteiger partial charge in [0.15, 0.2) is 0 Å². The molecule has 1 N–H and O–H groups in total. The number of ether oxygens (including phenoxy) is 1. The second kappa shape index (κ2) is 10.3. The van der Waals surface area contributed by atoms with Crippen molar-refractivity contribution in [2.24, 2.45) is 0 Å². The maximum atomic E-state index is 5.50. The maximum absolute atomic E-state index is 5.50. The van der Waals surface area contributed by atoms with Gasteiger partial charge in [-0.15, -0.1) is 11.8 Å². The number of hydrogen-bond donors (Lipinski definition) is 1. The van der Waals surface area contributed by atoms with Gasteiger partial charge >= 0.3 is 0 Å². The van der Waals surface area contributed by atoms with Crippen LogP contribution in [0.2, 0.25) is 0 Å². The topological polar surface area (TPSA) is 21.3 Å². The Balaban J connectivity index is 2.38. The van der Waals surface area contributed by atoms with Crippen molar-refractivity contribution in [1.82, 2.24) is 5.32 Å². The van der Waals surface area contributed by atoms with Gasteiger partial charge in [0.05, 0.1) is 6.61 Å². The Morgan fingerprint density at radius 2 is 2.05 bits per heavy atom. The largest absolute Gasteiger partial charge is 0.381 e. The Kier molecular flexibility index (Phi) is 8.97. The molecule has 1 rings (SSSR count). The van der Waals surface area contributed by atoms with Crippen LogP contribution in [0.1, 0.15) is 45.2 Å². The molecular formula is C16H27NOS. The third-order valence-electron chi connectivity index (χ3n) is 2.90. The highest BCUT2D eigenvalue weighted by Gasteiger charge is 2.04. The highest BCUT2D eigenvalue weighted by atomic mass is 32.2. The summed E-state index contributed by atoms with van der Waals surface area (Å²) in [6, 6.07) is 9.25. The molecule has 1 unspecified atom stereocenters. The lowest BCUT2D eigenvalue weighted by molar-refractivity contribution is 0.151. The first kappa shape index (κ1) is 16.5. The summed E-state index contributed by atoms with van der Waals surface area (Å²) in [5.41, 5.74) is 1.37. The van der Waals surface area contributed by atoms with E-state index < -0.39 is 0 Å². The van der Waals surface area contributed by atoms with Crippen LogP contribution < -0.4 is 5.32 Å². The average Bonchev–Trinajstić information content (AvgIpc) is 2.45. The van der Waals surface area contributed by atoms with Crippen LogP contribution >= 0.6 is 11.8 Å². The molecule has 0 aromatic heterocycles. The van der Waals surface area contributed by atoms with Gasteiger partial charge in [-0.2, -0.15) is 0 Å². The van der Waals surface area contributed by atoms with Gasteiger partial charge in [0.25, 0.3) is 0 Å². The first-order valence-electron chi connectivity index (χ1n) is 7.31. The third kappa shape index (κ3) is 7.00. The van der Waals surface area contributed by atoms with Gasteiger partial charge in [0.1, 0.15) is 0 Å². The van der Waals surface area contributed by atoms with E-state index in [1.54, 1.807) is 0 Å². The Hall–Kier alpha value is -0.510. The van der Waals surface area contributed by atoms with Gasteiger partial charge in [-0.05, 0) is 44.0 Å². The minimum absolute atomic E-state index is 0.428. The Bertz CT molecular complexity index is 343. The number of rotatable bonds is 10. The van der Waals surface area contributed by atoms with Gasteiger partial charge in [0.2, 0.25) is 0 Å². The summed E-state index contributed by atoms with van der Waals surface area (Å²) in [7, 11) is 0. The second-order valence-electron chi connectivity index (χ2n) is 4.71. The van der Waals surface area contributed by atoms with Gasteiger partial charge in [0, 0.05) is 23.3 Å². The molecule has 3 heteroatoms. The molecule has 0 heterocycles. The van der Waals surface area contributed by atoms with E-state index in [4.69, 9.17) is 4.74 Å². The SMILES string of the molecule is CCCNC(C)c1cccc(SCCOCCC)c1. The van der Waals surface area contributed by atoms with E-state index >= 15 is 0 Å². The molecule has 0 radical (unpaired) electrons. The Morgan fingerprint density at radius 1 is 1.21 bits per heavy atom. The molecule has 0 saturated heterocycles. The van der Waals surface area contributed by atoms with Crippen molar-refractivity contribution >= 4 is 11.8 Å². The van der Waals surface area contributed by atoms with E-state index in [-0.39, 0.29) is 0 Å². The molecule has 0 aliphatic heterocycles. The van der Waals surface area contributed by atoms with Gasteiger partial charge in [-0.3, -0.25) is 0 Å². The van der Waals surface area contributed by atoms with Crippen LogP contribution in [-0.4, -0.2) is 25.5 Å². The monoisotopic (exact) mass is 281 g/mol. The summed E-state index contributed by atoms with van der Waals surface area (Å²) < 4.78 is 5.50. The third-order valence-corrected chi connectivity index (χ3v) is 3.86. The number of thioether (sulfide) groups is 1. The molecular weight excluding hydrogens is 254 g/mol. The predicted molar refractivity (Wildman–Crippen MR) is 85.0 cm³/mol. The standard InChI is InChI=1S/C16H27NOS/c1-4-9-17-14(3)15-7-6-8-16(13-15)19-12-11-18-10-5-2/h6-8,13-14,17H,4-5,9-12H2,1-3H3. The van der Waals surface area contributed by atoms with Gasteiger partial charge < -0.3 is 10.1 Å². The Morgan fingerprint density at radius 3 is 2.79 bits per heavy atom. The number of benzene rings is 1. The lowest BCUT2D eigenvalue weighted by Crippen LogP contribution is -2.19. The lowest BCUT2D eigenvalue weighted by atomic mass is 10.1. The fourth-order valence-corrected chi connectivity index (χ4v) is 2.65. The summed E-state index contributed by atoms with van der Waals surface area (Å²) in [6.45, 7) is 9.35. The van der Waals surface area contributed by atoms with E-state index in [1.165, 1.54) is 16.9 Å². The maximum Gasteiger partial charge on any atom is 0.0560 e. The summed E-state index contributed by atoms with van der Waals surface area (Å²) in [5.74, 6) is 1.03.